The lowest BCUT2D eigenvalue weighted by Gasteiger charge is -2.08. The topological polar surface area (TPSA) is 55.0 Å². The molecule has 0 fully saturated rings. The predicted molar refractivity (Wildman–Crippen MR) is 75.1 cm³/mol. The molecule has 0 aliphatic heterocycles. The monoisotopic (exact) mass is 276 g/mol. The van der Waals surface area contributed by atoms with E-state index in [1.165, 1.54) is 0 Å². The lowest BCUT2D eigenvalue weighted by Crippen LogP contribution is -2.11. The average Bonchev–Trinajstić information content (AvgIpc) is 2.89. The van der Waals surface area contributed by atoms with E-state index in [0.717, 1.165) is 16.5 Å². The highest BCUT2D eigenvalue weighted by Crippen LogP contribution is 2.19. The zero-order chi connectivity index (χ0) is 13.7. The first-order valence-electron chi connectivity index (χ1n) is 6.07. The summed E-state index contributed by atoms with van der Waals surface area (Å²) in [6, 6.07) is 7.46. The molecule has 2 aromatic rings. The Morgan fingerprint density at radius 3 is 2.68 bits per heavy atom. The third kappa shape index (κ3) is 4.13. The van der Waals surface area contributed by atoms with E-state index >= 15 is 0 Å². The van der Waals surface area contributed by atoms with Crippen molar-refractivity contribution >= 4 is 17.7 Å². The van der Waals surface area contributed by atoms with Crippen molar-refractivity contribution in [2.75, 3.05) is 0 Å². The molecule has 0 bridgehead atoms. The van der Waals surface area contributed by atoms with E-state index in [1.54, 1.807) is 36.3 Å². The molecular formula is C14H16N2O2S. The average molecular weight is 276 g/mol. The predicted octanol–water partition coefficient (Wildman–Crippen LogP) is 3.27. The van der Waals surface area contributed by atoms with E-state index in [0.29, 0.717) is 5.56 Å². The SMILES string of the molecule is CC(C)OC(=O)c1ccc(CSc2ncc[nH]2)cc1. The highest BCUT2D eigenvalue weighted by Gasteiger charge is 2.08. The Hall–Kier alpha value is -1.75. The molecule has 0 unspecified atom stereocenters. The van der Waals surface area contributed by atoms with Crippen LogP contribution < -0.4 is 0 Å². The number of hydrogen-bond acceptors (Lipinski definition) is 4. The zero-order valence-corrected chi connectivity index (χ0v) is 11.7. The summed E-state index contributed by atoms with van der Waals surface area (Å²) in [6.45, 7) is 3.68. The molecule has 100 valence electrons. The molecule has 19 heavy (non-hydrogen) atoms. The number of carbonyl (C=O) groups is 1. The van der Waals surface area contributed by atoms with E-state index in [4.69, 9.17) is 4.74 Å². The summed E-state index contributed by atoms with van der Waals surface area (Å²) < 4.78 is 5.14. The minimum absolute atomic E-state index is 0.0957. The Kier molecular flexibility index (Phi) is 4.63. The lowest BCUT2D eigenvalue weighted by molar-refractivity contribution is 0.0378. The van der Waals surface area contributed by atoms with Gasteiger partial charge in [-0.05, 0) is 31.5 Å². The second-order valence-corrected chi connectivity index (χ2v) is 5.30. The largest absolute Gasteiger partial charge is 0.459 e. The third-order valence-corrected chi connectivity index (χ3v) is 3.36. The number of aromatic nitrogens is 2. The fourth-order valence-corrected chi connectivity index (χ4v) is 2.28. The Morgan fingerprint density at radius 1 is 1.37 bits per heavy atom. The van der Waals surface area contributed by atoms with Gasteiger partial charge in [-0.2, -0.15) is 0 Å². The number of ether oxygens (including phenoxy) is 1. The van der Waals surface area contributed by atoms with Crippen molar-refractivity contribution in [1.82, 2.24) is 9.97 Å². The van der Waals surface area contributed by atoms with Gasteiger partial charge in [0.15, 0.2) is 5.16 Å². The molecule has 2 rings (SSSR count). The summed E-state index contributed by atoms with van der Waals surface area (Å²) in [6.07, 6.45) is 3.43. The molecule has 0 saturated carbocycles. The number of thioether (sulfide) groups is 1. The smallest absolute Gasteiger partial charge is 0.338 e. The minimum Gasteiger partial charge on any atom is -0.459 e. The Balaban J connectivity index is 1.92. The molecule has 1 aromatic heterocycles. The van der Waals surface area contributed by atoms with Crippen LogP contribution in [0.5, 0.6) is 0 Å². The van der Waals surface area contributed by atoms with Crippen LogP contribution in [0.15, 0.2) is 41.8 Å². The standard InChI is InChI=1S/C14H16N2O2S/c1-10(2)18-13(17)12-5-3-11(4-6-12)9-19-14-15-7-8-16-14/h3-8,10H,9H2,1-2H3,(H,15,16). The minimum atomic E-state index is -0.278. The number of imidazole rings is 1. The van der Waals surface area contributed by atoms with Crippen molar-refractivity contribution in [1.29, 1.82) is 0 Å². The van der Waals surface area contributed by atoms with Crippen LogP contribution in [0.1, 0.15) is 29.8 Å². The number of aromatic amines is 1. The Morgan fingerprint density at radius 2 is 2.11 bits per heavy atom. The van der Waals surface area contributed by atoms with Crippen LogP contribution in [0.3, 0.4) is 0 Å². The summed E-state index contributed by atoms with van der Waals surface area (Å²) >= 11 is 1.62. The first kappa shape index (κ1) is 13.7. The first-order chi connectivity index (χ1) is 9.15. The summed E-state index contributed by atoms with van der Waals surface area (Å²) in [7, 11) is 0. The number of rotatable bonds is 5. The van der Waals surface area contributed by atoms with Gasteiger partial charge in [-0.25, -0.2) is 9.78 Å². The highest BCUT2D eigenvalue weighted by molar-refractivity contribution is 7.98. The third-order valence-electron chi connectivity index (χ3n) is 2.38. The van der Waals surface area contributed by atoms with Crippen LogP contribution in [0.4, 0.5) is 0 Å². The number of esters is 1. The Bertz CT molecular complexity index is 521. The number of H-pyrrole nitrogens is 1. The molecule has 0 aliphatic carbocycles. The molecule has 0 aliphatic rings. The van der Waals surface area contributed by atoms with Gasteiger partial charge in [0, 0.05) is 18.1 Å². The van der Waals surface area contributed by atoms with Crippen molar-refractivity contribution in [3.8, 4) is 0 Å². The zero-order valence-electron chi connectivity index (χ0n) is 10.9. The van der Waals surface area contributed by atoms with Gasteiger partial charge in [-0.15, -0.1) is 0 Å². The van der Waals surface area contributed by atoms with Crippen molar-refractivity contribution < 1.29 is 9.53 Å². The van der Waals surface area contributed by atoms with Crippen molar-refractivity contribution in [2.24, 2.45) is 0 Å². The Labute approximate surface area is 116 Å². The number of nitrogens with zero attached hydrogens (tertiary/aromatic N) is 1. The molecule has 0 radical (unpaired) electrons. The van der Waals surface area contributed by atoms with Crippen LogP contribution >= 0.6 is 11.8 Å². The quantitative estimate of drug-likeness (QED) is 0.672. The van der Waals surface area contributed by atoms with Crippen molar-refractivity contribution in [3.05, 3.63) is 47.8 Å². The van der Waals surface area contributed by atoms with Crippen LogP contribution in [0, 0.1) is 0 Å². The second-order valence-electron chi connectivity index (χ2n) is 4.33. The molecule has 5 heteroatoms. The first-order valence-corrected chi connectivity index (χ1v) is 7.06. The maximum absolute atomic E-state index is 11.7. The lowest BCUT2D eigenvalue weighted by atomic mass is 10.1. The molecule has 1 heterocycles. The second kappa shape index (κ2) is 6.43. The van der Waals surface area contributed by atoms with Gasteiger partial charge < -0.3 is 9.72 Å². The van der Waals surface area contributed by atoms with Crippen molar-refractivity contribution in [3.63, 3.8) is 0 Å². The van der Waals surface area contributed by atoms with Crippen LogP contribution in [0.2, 0.25) is 0 Å². The normalized spacial score (nSPS) is 10.7. The molecule has 0 spiro atoms. The van der Waals surface area contributed by atoms with E-state index in [2.05, 4.69) is 9.97 Å². The molecule has 0 atom stereocenters. The van der Waals surface area contributed by atoms with E-state index in [-0.39, 0.29) is 12.1 Å². The van der Waals surface area contributed by atoms with E-state index in [9.17, 15) is 4.79 Å². The molecule has 0 saturated heterocycles. The molecule has 1 aromatic carbocycles. The van der Waals surface area contributed by atoms with Gasteiger partial charge >= 0.3 is 5.97 Å². The fraction of sp³-hybridized carbons (Fsp3) is 0.286. The van der Waals surface area contributed by atoms with Gasteiger partial charge in [0.2, 0.25) is 0 Å². The van der Waals surface area contributed by atoms with Crippen molar-refractivity contribution in [2.45, 2.75) is 30.9 Å². The fourth-order valence-electron chi connectivity index (χ4n) is 1.50. The molecular weight excluding hydrogens is 260 g/mol. The number of benzene rings is 1. The highest BCUT2D eigenvalue weighted by atomic mass is 32.2. The summed E-state index contributed by atoms with van der Waals surface area (Å²) in [5.41, 5.74) is 1.72. The molecule has 4 nitrogen and oxygen atoms in total. The molecule has 1 N–H and O–H groups in total. The van der Waals surface area contributed by atoms with Crippen LogP contribution in [-0.4, -0.2) is 22.0 Å². The van der Waals surface area contributed by atoms with Gasteiger partial charge in [0.1, 0.15) is 0 Å². The van der Waals surface area contributed by atoms with Gasteiger partial charge in [0.25, 0.3) is 0 Å². The summed E-state index contributed by atoms with van der Waals surface area (Å²) in [4.78, 5) is 18.8. The van der Waals surface area contributed by atoms with Gasteiger partial charge in [-0.3, -0.25) is 0 Å². The number of hydrogen-bond donors (Lipinski definition) is 1. The summed E-state index contributed by atoms with van der Waals surface area (Å²) in [5, 5.41) is 0.892. The van der Waals surface area contributed by atoms with Gasteiger partial charge in [0.05, 0.1) is 11.7 Å². The number of carbonyl (C=O) groups excluding carboxylic acids is 1. The maximum atomic E-state index is 11.7. The molecule has 0 amide bonds. The number of nitrogens with one attached hydrogen (secondary N) is 1. The van der Waals surface area contributed by atoms with Crippen LogP contribution in [-0.2, 0) is 10.5 Å². The summed E-state index contributed by atoms with van der Waals surface area (Å²) in [5.74, 6) is 0.535. The van der Waals surface area contributed by atoms with E-state index < -0.39 is 0 Å². The van der Waals surface area contributed by atoms with Crippen LogP contribution in [0.25, 0.3) is 0 Å². The maximum Gasteiger partial charge on any atom is 0.338 e. The van der Waals surface area contributed by atoms with E-state index in [1.807, 2.05) is 26.0 Å². The van der Waals surface area contributed by atoms with Gasteiger partial charge in [-0.1, -0.05) is 23.9 Å².